The zero-order chi connectivity index (χ0) is 11.9. The molecule has 1 unspecified atom stereocenters. The third-order valence-electron chi connectivity index (χ3n) is 2.69. The SMILES string of the molecule is CC(C)c1c2c(cc(Cl)c1C(C)O)OCO2. The van der Waals surface area contributed by atoms with Crippen molar-refractivity contribution in [2.24, 2.45) is 0 Å². The largest absolute Gasteiger partial charge is 0.454 e. The number of halogens is 1. The first-order valence-electron chi connectivity index (χ1n) is 5.32. The molecule has 1 aromatic rings. The number of benzene rings is 1. The Morgan fingerprint density at radius 1 is 1.25 bits per heavy atom. The van der Waals surface area contributed by atoms with Gasteiger partial charge in [0.1, 0.15) is 0 Å². The van der Waals surface area contributed by atoms with Gasteiger partial charge in [-0.05, 0) is 12.8 Å². The van der Waals surface area contributed by atoms with Crippen molar-refractivity contribution in [3.63, 3.8) is 0 Å². The van der Waals surface area contributed by atoms with Gasteiger partial charge in [0, 0.05) is 17.2 Å². The molecule has 0 radical (unpaired) electrons. The van der Waals surface area contributed by atoms with E-state index in [1.807, 2.05) is 13.8 Å². The number of rotatable bonds is 2. The molecule has 1 aromatic carbocycles. The van der Waals surface area contributed by atoms with Crippen LogP contribution in [0.25, 0.3) is 0 Å². The van der Waals surface area contributed by atoms with E-state index < -0.39 is 6.10 Å². The van der Waals surface area contributed by atoms with E-state index in [1.54, 1.807) is 13.0 Å². The lowest BCUT2D eigenvalue weighted by Gasteiger charge is -2.18. The van der Waals surface area contributed by atoms with Crippen LogP contribution >= 0.6 is 11.6 Å². The second-order valence-corrected chi connectivity index (χ2v) is 4.66. The molecule has 3 nitrogen and oxygen atoms in total. The number of ether oxygens (including phenoxy) is 2. The summed E-state index contributed by atoms with van der Waals surface area (Å²) in [4.78, 5) is 0. The van der Waals surface area contributed by atoms with Gasteiger partial charge < -0.3 is 14.6 Å². The minimum atomic E-state index is -0.612. The third-order valence-corrected chi connectivity index (χ3v) is 3.00. The molecule has 4 heteroatoms. The average molecular weight is 243 g/mol. The second kappa shape index (κ2) is 4.15. The van der Waals surface area contributed by atoms with Crippen molar-refractivity contribution in [2.45, 2.75) is 32.8 Å². The van der Waals surface area contributed by atoms with Crippen molar-refractivity contribution in [1.82, 2.24) is 0 Å². The fourth-order valence-corrected chi connectivity index (χ4v) is 2.41. The maximum absolute atomic E-state index is 9.78. The number of fused-ring (bicyclic) bond motifs is 1. The van der Waals surface area contributed by atoms with Crippen molar-refractivity contribution in [2.75, 3.05) is 6.79 Å². The molecule has 16 heavy (non-hydrogen) atoms. The summed E-state index contributed by atoms with van der Waals surface area (Å²) in [6.45, 7) is 6.00. The first-order chi connectivity index (χ1) is 7.52. The van der Waals surface area contributed by atoms with Crippen LogP contribution in [0.5, 0.6) is 11.5 Å². The lowest BCUT2D eigenvalue weighted by Crippen LogP contribution is -2.03. The van der Waals surface area contributed by atoms with Crippen LogP contribution in [-0.2, 0) is 0 Å². The van der Waals surface area contributed by atoms with Crippen LogP contribution in [0.1, 0.15) is 43.9 Å². The molecule has 0 saturated carbocycles. The van der Waals surface area contributed by atoms with Gasteiger partial charge in [-0.1, -0.05) is 25.4 Å². The summed E-state index contributed by atoms with van der Waals surface area (Å²) < 4.78 is 10.8. The van der Waals surface area contributed by atoms with E-state index in [0.29, 0.717) is 10.8 Å². The van der Waals surface area contributed by atoms with Gasteiger partial charge in [0.05, 0.1) is 11.1 Å². The molecule has 0 amide bonds. The van der Waals surface area contributed by atoms with Crippen LogP contribution in [0.3, 0.4) is 0 Å². The maximum atomic E-state index is 9.78. The Labute approximate surface area is 99.9 Å². The number of hydrogen-bond donors (Lipinski definition) is 1. The third kappa shape index (κ3) is 1.74. The molecule has 1 atom stereocenters. The van der Waals surface area contributed by atoms with E-state index in [9.17, 15) is 5.11 Å². The highest BCUT2D eigenvalue weighted by molar-refractivity contribution is 6.31. The summed E-state index contributed by atoms with van der Waals surface area (Å²) in [5.74, 6) is 1.60. The molecule has 2 rings (SSSR count). The van der Waals surface area contributed by atoms with Gasteiger partial charge in [-0.2, -0.15) is 0 Å². The Bertz CT molecular complexity index is 413. The lowest BCUT2D eigenvalue weighted by atomic mass is 9.93. The summed E-state index contributed by atoms with van der Waals surface area (Å²) in [5, 5.41) is 10.3. The van der Waals surface area contributed by atoms with Crippen molar-refractivity contribution < 1.29 is 14.6 Å². The number of aliphatic hydroxyl groups is 1. The molecular weight excluding hydrogens is 228 g/mol. The molecule has 0 bridgehead atoms. The minimum absolute atomic E-state index is 0.217. The molecule has 1 N–H and O–H groups in total. The number of aliphatic hydroxyl groups excluding tert-OH is 1. The van der Waals surface area contributed by atoms with Crippen molar-refractivity contribution in [3.05, 3.63) is 22.2 Å². The average Bonchev–Trinajstić information content (AvgIpc) is 2.61. The Balaban J connectivity index is 2.69. The van der Waals surface area contributed by atoms with Crippen LogP contribution in [0.4, 0.5) is 0 Å². The molecule has 1 heterocycles. The molecule has 0 saturated heterocycles. The van der Waals surface area contributed by atoms with Gasteiger partial charge in [-0.15, -0.1) is 0 Å². The van der Waals surface area contributed by atoms with E-state index in [0.717, 1.165) is 16.9 Å². The Kier molecular flexibility index (Phi) is 3.00. The van der Waals surface area contributed by atoms with E-state index >= 15 is 0 Å². The first kappa shape index (κ1) is 11.6. The Morgan fingerprint density at radius 2 is 1.94 bits per heavy atom. The van der Waals surface area contributed by atoms with Gasteiger partial charge in [0.25, 0.3) is 0 Å². The topological polar surface area (TPSA) is 38.7 Å². The predicted octanol–water partition coefficient (Wildman–Crippen LogP) is 3.25. The lowest BCUT2D eigenvalue weighted by molar-refractivity contribution is 0.172. The van der Waals surface area contributed by atoms with Crippen LogP contribution < -0.4 is 9.47 Å². The molecule has 1 aliphatic rings. The summed E-state index contributed by atoms with van der Waals surface area (Å²) in [6.07, 6.45) is -0.612. The first-order valence-corrected chi connectivity index (χ1v) is 5.70. The van der Waals surface area contributed by atoms with Gasteiger partial charge >= 0.3 is 0 Å². The smallest absolute Gasteiger partial charge is 0.231 e. The van der Waals surface area contributed by atoms with E-state index in [2.05, 4.69) is 0 Å². The fraction of sp³-hybridized carbons (Fsp3) is 0.500. The standard InChI is InChI=1S/C12H15ClO3/c1-6(2)10-11(7(3)14)8(13)4-9-12(10)16-5-15-9/h4,6-7,14H,5H2,1-3H3. The normalized spacial score (nSPS) is 15.6. The van der Waals surface area contributed by atoms with Gasteiger partial charge in [-0.25, -0.2) is 0 Å². The highest BCUT2D eigenvalue weighted by Gasteiger charge is 2.27. The molecule has 0 spiro atoms. The summed E-state index contributed by atoms with van der Waals surface area (Å²) in [7, 11) is 0. The van der Waals surface area contributed by atoms with Gasteiger partial charge in [0.15, 0.2) is 11.5 Å². The zero-order valence-corrected chi connectivity index (χ0v) is 10.3. The van der Waals surface area contributed by atoms with E-state index in [-0.39, 0.29) is 12.7 Å². The van der Waals surface area contributed by atoms with Gasteiger partial charge in [0.2, 0.25) is 6.79 Å². The highest BCUT2D eigenvalue weighted by Crippen LogP contribution is 2.46. The summed E-state index contributed by atoms with van der Waals surface area (Å²) >= 11 is 6.16. The molecule has 0 aliphatic carbocycles. The van der Waals surface area contributed by atoms with Crippen molar-refractivity contribution >= 4 is 11.6 Å². The summed E-state index contributed by atoms with van der Waals surface area (Å²) in [5.41, 5.74) is 1.68. The van der Waals surface area contributed by atoms with Crippen molar-refractivity contribution in [3.8, 4) is 11.5 Å². The van der Waals surface area contributed by atoms with Gasteiger partial charge in [-0.3, -0.25) is 0 Å². The molecule has 88 valence electrons. The molecule has 0 aromatic heterocycles. The quantitative estimate of drug-likeness (QED) is 0.865. The predicted molar refractivity (Wildman–Crippen MR) is 62.3 cm³/mol. The van der Waals surface area contributed by atoms with Crippen molar-refractivity contribution in [1.29, 1.82) is 0 Å². The summed E-state index contributed by atoms with van der Waals surface area (Å²) in [6, 6.07) is 1.71. The van der Waals surface area contributed by atoms with Crippen LogP contribution in [0, 0.1) is 0 Å². The maximum Gasteiger partial charge on any atom is 0.231 e. The van der Waals surface area contributed by atoms with Crippen LogP contribution in [0.2, 0.25) is 5.02 Å². The van der Waals surface area contributed by atoms with E-state index in [1.165, 1.54) is 0 Å². The molecular formula is C12H15ClO3. The highest BCUT2D eigenvalue weighted by atomic mass is 35.5. The monoisotopic (exact) mass is 242 g/mol. The Morgan fingerprint density at radius 3 is 2.50 bits per heavy atom. The molecule has 1 aliphatic heterocycles. The van der Waals surface area contributed by atoms with Crippen LogP contribution in [-0.4, -0.2) is 11.9 Å². The Hall–Kier alpha value is -0.930. The minimum Gasteiger partial charge on any atom is -0.454 e. The number of hydrogen-bond acceptors (Lipinski definition) is 3. The van der Waals surface area contributed by atoms with E-state index in [4.69, 9.17) is 21.1 Å². The zero-order valence-electron chi connectivity index (χ0n) is 9.58. The van der Waals surface area contributed by atoms with Crippen LogP contribution in [0.15, 0.2) is 6.07 Å². The fourth-order valence-electron chi connectivity index (χ4n) is 2.05. The molecule has 0 fully saturated rings. The second-order valence-electron chi connectivity index (χ2n) is 4.25.